The van der Waals surface area contributed by atoms with Crippen LogP contribution in [0.5, 0.6) is 0 Å². The lowest BCUT2D eigenvalue weighted by Gasteiger charge is -2.22. The maximum absolute atomic E-state index is 11.0. The second-order valence-electron chi connectivity index (χ2n) is 4.98. The van der Waals surface area contributed by atoms with Gasteiger partial charge in [0.1, 0.15) is 6.04 Å². The number of aliphatic carboxylic acids is 1. The number of rotatable bonds is 1. The fourth-order valence-electron chi connectivity index (χ4n) is 3.00. The zero-order valence-corrected chi connectivity index (χ0v) is 10.8. The molecule has 3 fully saturated rings. The second-order valence-corrected chi connectivity index (χ2v) is 8.49. The van der Waals surface area contributed by atoms with Crippen molar-refractivity contribution in [1.29, 1.82) is 0 Å². The van der Waals surface area contributed by atoms with Gasteiger partial charge < -0.3 is 10.4 Å². The molecule has 3 rings (SSSR count). The maximum Gasteiger partial charge on any atom is 0.320 e. The average molecular weight is 259 g/mol. The molecule has 0 radical (unpaired) electrons. The zero-order valence-electron chi connectivity index (χ0n) is 9.15. The molecule has 3 nitrogen and oxygen atoms in total. The Hall–Kier alpha value is 0.130. The Labute approximate surface area is 104 Å². The molecule has 0 aromatic rings. The standard InChI is InChI=1S/C11H17NO2S2/c13-10(14)7-5-11(6-12-7)15-8-3-1-2-4-9(8)16-11/h7-9,12H,1-6H2,(H,13,14). The van der Waals surface area contributed by atoms with Crippen LogP contribution in [-0.4, -0.2) is 38.2 Å². The Morgan fingerprint density at radius 3 is 2.38 bits per heavy atom. The zero-order chi connectivity index (χ0) is 11.2. The Kier molecular flexibility index (Phi) is 2.88. The van der Waals surface area contributed by atoms with E-state index < -0.39 is 5.97 Å². The van der Waals surface area contributed by atoms with Crippen molar-refractivity contribution in [1.82, 2.24) is 5.32 Å². The molecule has 0 amide bonds. The molecule has 0 aromatic heterocycles. The van der Waals surface area contributed by atoms with Crippen molar-refractivity contribution in [2.75, 3.05) is 6.54 Å². The number of nitrogens with one attached hydrogen (secondary N) is 1. The summed E-state index contributed by atoms with van der Waals surface area (Å²) < 4.78 is 0.169. The summed E-state index contributed by atoms with van der Waals surface area (Å²) in [6.07, 6.45) is 6.19. The molecule has 3 atom stereocenters. The number of carboxylic acids is 1. The lowest BCUT2D eigenvalue weighted by molar-refractivity contribution is -0.139. The topological polar surface area (TPSA) is 49.3 Å². The molecule has 2 saturated heterocycles. The van der Waals surface area contributed by atoms with Crippen LogP contribution in [0, 0.1) is 0 Å². The Morgan fingerprint density at radius 1 is 1.25 bits per heavy atom. The van der Waals surface area contributed by atoms with E-state index in [1.165, 1.54) is 25.7 Å². The van der Waals surface area contributed by atoms with Gasteiger partial charge in [0.15, 0.2) is 0 Å². The van der Waals surface area contributed by atoms with Crippen LogP contribution in [0.25, 0.3) is 0 Å². The van der Waals surface area contributed by atoms with E-state index in [-0.39, 0.29) is 10.1 Å². The molecule has 5 heteroatoms. The number of fused-ring (bicyclic) bond motifs is 1. The first-order chi connectivity index (χ1) is 7.69. The second kappa shape index (κ2) is 4.10. The van der Waals surface area contributed by atoms with Gasteiger partial charge in [0.2, 0.25) is 0 Å². The normalized spacial score (nSPS) is 47.1. The van der Waals surface area contributed by atoms with Crippen molar-refractivity contribution in [3.05, 3.63) is 0 Å². The molecule has 2 heterocycles. The molecule has 1 spiro atoms. The van der Waals surface area contributed by atoms with Crippen LogP contribution >= 0.6 is 23.5 Å². The first kappa shape index (κ1) is 11.2. The van der Waals surface area contributed by atoms with Gasteiger partial charge in [-0.15, -0.1) is 23.5 Å². The highest BCUT2D eigenvalue weighted by Crippen LogP contribution is 2.59. The van der Waals surface area contributed by atoms with E-state index in [0.717, 1.165) is 23.5 Å². The monoisotopic (exact) mass is 259 g/mol. The van der Waals surface area contributed by atoms with Gasteiger partial charge in [-0.2, -0.15) is 0 Å². The van der Waals surface area contributed by atoms with E-state index in [2.05, 4.69) is 28.8 Å². The van der Waals surface area contributed by atoms with E-state index in [1.807, 2.05) is 0 Å². The van der Waals surface area contributed by atoms with Gasteiger partial charge in [-0.3, -0.25) is 4.79 Å². The highest BCUT2D eigenvalue weighted by Gasteiger charge is 2.52. The van der Waals surface area contributed by atoms with Crippen LogP contribution in [0.15, 0.2) is 0 Å². The molecule has 1 saturated carbocycles. The van der Waals surface area contributed by atoms with Crippen molar-refractivity contribution >= 4 is 29.5 Å². The van der Waals surface area contributed by atoms with Gasteiger partial charge in [0, 0.05) is 17.0 Å². The number of thioether (sulfide) groups is 2. The fourth-order valence-corrected chi connectivity index (χ4v) is 7.40. The van der Waals surface area contributed by atoms with Gasteiger partial charge >= 0.3 is 5.97 Å². The summed E-state index contributed by atoms with van der Waals surface area (Å²) in [6.45, 7) is 0.867. The SMILES string of the molecule is O=C(O)C1CC2(CN1)SC1CCCCC1S2. The molecular formula is C11H17NO2S2. The van der Waals surface area contributed by atoms with Crippen LogP contribution < -0.4 is 5.32 Å². The third kappa shape index (κ3) is 1.87. The van der Waals surface area contributed by atoms with E-state index in [9.17, 15) is 4.79 Å². The Bertz CT molecular complexity index is 296. The highest BCUT2D eigenvalue weighted by atomic mass is 32.2. The van der Waals surface area contributed by atoms with Gasteiger partial charge in [-0.1, -0.05) is 12.8 Å². The third-order valence-electron chi connectivity index (χ3n) is 3.81. The Morgan fingerprint density at radius 2 is 1.88 bits per heavy atom. The van der Waals surface area contributed by atoms with Crippen LogP contribution in [0.3, 0.4) is 0 Å². The summed E-state index contributed by atoms with van der Waals surface area (Å²) in [7, 11) is 0. The molecule has 2 aliphatic heterocycles. The summed E-state index contributed by atoms with van der Waals surface area (Å²) in [4.78, 5) is 11.0. The summed E-state index contributed by atoms with van der Waals surface area (Å²) in [5.41, 5.74) is 0. The lowest BCUT2D eigenvalue weighted by atomic mass is 10.00. The van der Waals surface area contributed by atoms with Crippen molar-refractivity contribution in [2.45, 2.75) is 52.7 Å². The van der Waals surface area contributed by atoms with E-state index in [0.29, 0.717) is 0 Å². The quantitative estimate of drug-likeness (QED) is 0.753. The molecule has 90 valence electrons. The number of hydrogen-bond donors (Lipinski definition) is 2. The molecule has 16 heavy (non-hydrogen) atoms. The summed E-state index contributed by atoms with van der Waals surface area (Å²) in [5.74, 6) is -0.687. The van der Waals surface area contributed by atoms with E-state index in [4.69, 9.17) is 5.11 Å². The fraction of sp³-hybridized carbons (Fsp3) is 0.909. The first-order valence-electron chi connectivity index (χ1n) is 6.00. The van der Waals surface area contributed by atoms with Crippen molar-refractivity contribution in [3.63, 3.8) is 0 Å². The van der Waals surface area contributed by atoms with Gasteiger partial charge in [-0.05, 0) is 19.3 Å². The Balaban J connectivity index is 1.70. The minimum atomic E-state index is -0.687. The molecule has 2 N–H and O–H groups in total. The first-order valence-corrected chi connectivity index (χ1v) is 7.76. The molecule has 1 aliphatic carbocycles. The minimum absolute atomic E-state index is 0.169. The van der Waals surface area contributed by atoms with Gasteiger partial charge in [0.05, 0.1) is 4.08 Å². The number of carboxylic acid groups (broad SMARTS) is 1. The van der Waals surface area contributed by atoms with Gasteiger partial charge in [-0.25, -0.2) is 0 Å². The molecule has 0 bridgehead atoms. The molecular weight excluding hydrogens is 242 g/mol. The van der Waals surface area contributed by atoms with Crippen molar-refractivity contribution < 1.29 is 9.90 Å². The number of carbonyl (C=O) groups is 1. The average Bonchev–Trinajstić information content (AvgIpc) is 2.82. The van der Waals surface area contributed by atoms with Crippen LogP contribution in [0.2, 0.25) is 0 Å². The van der Waals surface area contributed by atoms with E-state index >= 15 is 0 Å². The summed E-state index contributed by atoms with van der Waals surface area (Å²) in [6, 6.07) is -0.319. The highest BCUT2D eigenvalue weighted by molar-refractivity contribution is 8.22. The third-order valence-corrected chi connectivity index (χ3v) is 7.77. The van der Waals surface area contributed by atoms with Crippen LogP contribution in [0.4, 0.5) is 0 Å². The predicted octanol–water partition coefficient (Wildman–Crippen LogP) is 1.92. The molecule has 0 aromatic carbocycles. The smallest absolute Gasteiger partial charge is 0.320 e. The van der Waals surface area contributed by atoms with Crippen molar-refractivity contribution in [2.24, 2.45) is 0 Å². The minimum Gasteiger partial charge on any atom is -0.480 e. The van der Waals surface area contributed by atoms with Crippen LogP contribution in [-0.2, 0) is 4.79 Å². The van der Waals surface area contributed by atoms with Crippen molar-refractivity contribution in [3.8, 4) is 0 Å². The predicted molar refractivity (Wildman–Crippen MR) is 68.0 cm³/mol. The summed E-state index contributed by atoms with van der Waals surface area (Å²) in [5, 5.41) is 13.8. The van der Waals surface area contributed by atoms with Crippen LogP contribution in [0.1, 0.15) is 32.1 Å². The number of hydrogen-bond acceptors (Lipinski definition) is 4. The largest absolute Gasteiger partial charge is 0.480 e. The maximum atomic E-state index is 11.0. The lowest BCUT2D eigenvalue weighted by Crippen LogP contribution is -2.30. The van der Waals surface area contributed by atoms with Gasteiger partial charge in [0.25, 0.3) is 0 Å². The van der Waals surface area contributed by atoms with E-state index in [1.54, 1.807) is 0 Å². The molecule has 3 unspecified atom stereocenters. The summed E-state index contributed by atoms with van der Waals surface area (Å²) >= 11 is 4.13. The molecule has 3 aliphatic rings.